The molecule has 0 aliphatic carbocycles. The highest BCUT2D eigenvalue weighted by Crippen LogP contribution is 2.26. The molecule has 0 spiro atoms. The van der Waals surface area contributed by atoms with Crippen molar-refractivity contribution < 1.29 is 24.2 Å². The maximum absolute atomic E-state index is 12.3. The standard InChI is InChI=1S/C14H19NO5/c1-4-15(8-7-13(17)20-3)14(18)10-5-6-12(19-2)11(16)9-10/h5-6,9,16H,4,7-8H2,1-3H3. The number of carbonyl (C=O) groups excluding carboxylic acids is 2. The molecule has 6 heteroatoms. The molecule has 0 saturated heterocycles. The third kappa shape index (κ3) is 3.88. The molecule has 110 valence electrons. The van der Waals surface area contributed by atoms with E-state index in [1.807, 2.05) is 6.92 Å². The van der Waals surface area contributed by atoms with E-state index in [4.69, 9.17) is 4.74 Å². The number of nitrogens with zero attached hydrogens (tertiary/aromatic N) is 1. The van der Waals surface area contributed by atoms with Gasteiger partial charge < -0.3 is 19.5 Å². The SMILES string of the molecule is CCN(CCC(=O)OC)C(=O)c1ccc(OC)c(O)c1. The molecule has 1 aromatic rings. The Bertz CT molecular complexity index is 486. The van der Waals surface area contributed by atoms with Crippen LogP contribution in [0.5, 0.6) is 11.5 Å². The van der Waals surface area contributed by atoms with Crippen molar-refractivity contribution >= 4 is 11.9 Å². The first-order valence-electron chi connectivity index (χ1n) is 6.26. The van der Waals surface area contributed by atoms with Gasteiger partial charge in [0.25, 0.3) is 5.91 Å². The minimum atomic E-state index is -0.367. The van der Waals surface area contributed by atoms with Crippen molar-refractivity contribution in [1.29, 1.82) is 0 Å². The van der Waals surface area contributed by atoms with Gasteiger partial charge in [0.05, 0.1) is 20.6 Å². The maximum atomic E-state index is 12.3. The van der Waals surface area contributed by atoms with Gasteiger partial charge in [-0.25, -0.2) is 0 Å². The molecule has 6 nitrogen and oxygen atoms in total. The lowest BCUT2D eigenvalue weighted by molar-refractivity contribution is -0.140. The molecule has 0 fully saturated rings. The summed E-state index contributed by atoms with van der Waals surface area (Å²) in [7, 11) is 2.74. The van der Waals surface area contributed by atoms with Gasteiger partial charge >= 0.3 is 5.97 Å². The summed E-state index contributed by atoms with van der Waals surface area (Å²) in [6.07, 6.45) is 0.137. The van der Waals surface area contributed by atoms with Crippen molar-refractivity contribution in [2.45, 2.75) is 13.3 Å². The molecule has 0 aliphatic rings. The van der Waals surface area contributed by atoms with E-state index in [-0.39, 0.29) is 30.6 Å². The molecule has 0 unspecified atom stereocenters. The van der Waals surface area contributed by atoms with Crippen molar-refractivity contribution in [2.75, 3.05) is 27.3 Å². The van der Waals surface area contributed by atoms with Gasteiger partial charge in [0, 0.05) is 18.7 Å². The number of phenols is 1. The fourth-order valence-electron chi connectivity index (χ4n) is 1.74. The number of methoxy groups -OCH3 is 2. The highest BCUT2D eigenvalue weighted by atomic mass is 16.5. The summed E-state index contributed by atoms with van der Waals surface area (Å²) in [5, 5.41) is 9.68. The zero-order valence-corrected chi connectivity index (χ0v) is 11.9. The number of aromatic hydroxyl groups is 1. The fourth-order valence-corrected chi connectivity index (χ4v) is 1.74. The van der Waals surface area contributed by atoms with E-state index in [1.165, 1.54) is 31.3 Å². The second-order valence-electron chi connectivity index (χ2n) is 4.10. The molecular formula is C14H19NO5. The molecule has 0 aromatic heterocycles. The number of esters is 1. The van der Waals surface area contributed by atoms with Crippen LogP contribution in [0.25, 0.3) is 0 Å². The number of hydrogen-bond donors (Lipinski definition) is 1. The molecule has 0 heterocycles. The van der Waals surface area contributed by atoms with Crippen molar-refractivity contribution in [3.8, 4) is 11.5 Å². The monoisotopic (exact) mass is 281 g/mol. The van der Waals surface area contributed by atoms with Crippen molar-refractivity contribution in [1.82, 2.24) is 4.90 Å². The van der Waals surface area contributed by atoms with E-state index in [1.54, 1.807) is 6.07 Å². The van der Waals surface area contributed by atoms with Crippen LogP contribution in [-0.4, -0.2) is 49.2 Å². The van der Waals surface area contributed by atoms with Crippen molar-refractivity contribution in [2.24, 2.45) is 0 Å². The topological polar surface area (TPSA) is 76.1 Å². The molecule has 0 radical (unpaired) electrons. The third-order valence-electron chi connectivity index (χ3n) is 2.91. The van der Waals surface area contributed by atoms with Gasteiger partial charge in [-0.2, -0.15) is 0 Å². The number of phenolic OH excluding ortho intramolecular Hbond substituents is 1. The van der Waals surface area contributed by atoms with Crippen LogP contribution in [0.2, 0.25) is 0 Å². The zero-order valence-electron chi connectivity index (χ0n) is 11.9. The Morgan fingerprint density at radius 3 is 2.50 bits per heavy atom. The normalized spacial score (nSPS) is 9.95. The predicted molar refractivity (Wildman–Crippen MR) is 72.9 cm³/mol. The van der Waals surface area contributed by atoms with E-state index in [0.717, 1.165) is 0 Å². The Morgan fingerprint density at radius 1 is 1.30 bits per heavy atom. The second kappa shape index (κ2) is 7.37. The lowest BCUT2D eigenvalue weighted by atomic mass is 10.1. The number of ether oxygens (including phenoxy) is 2. The Morgan fingerprint density at radius 2 is 2.00 bits per heavy atom. The first-order chi connectivity index (χ1) is 9.53. The van der Waals surface area contributed by atoms with Crippen LogP contribution in [-0.2, 0) is 9.53 Å². The molecule has 1 N–H and O–H groups in total. The molecule has 0 atom stereocenters. The average molecular weight is 281 g/mol. The van der Waals surface area contributed by atoms with E-state index < -0.39 is 0 Å². The van der Waals surface area contributed by atoms with Crippen LogP contribution in [0.1, 0.15) is 23.7 Å². The lowest BCUT2D eigenvalue weighted by Gasteiger charge is -2.20. The van der Waals surface area contributed by atoms with Crippen LogP contribution in [0.3, 0.4) is 0 Å². The highest BCUT2D eigenvalue weighted by molar-refractivity contribution is 5.95. The quantitative estimate of drug-likeness (QED) is 0.798. The van der Waals surface area contributed by atoms with Gasteiger partial charge in [-0.15, -0.1) is 0 Å². The van der Waals surface area contributed by atoms with Crippen LogP contribution < -0.4 is 4.74 Å². The summed E-state index contributed by atoms with van der Waals surface area (Å²) in [5.41, 5.74) is 0.343. The van der Waals surface area contributed by atoms with Gasteiger partial charge in [-0.3, -0.25) is 9.59 Å². The molecule has 1 amide bonds. The molecule has 20 heavy (non-hydrogen) atoms. The number of carbonyl (C=O) groups is 2. The van der Waals surface area contributed by atoms with Gasteiger partial charge in [0.15, 0.2) is 11.5 Å². The fraction of sp³-hybridized carbons (Fsp3) is 0.429. The van der Waals surface area contributed by atoms with Crippen molar-refractivity contribution in [3.05, 3.63) is 23.8 Å². The van der Waals surface area contributed by atoms with Crippen LogP contribution in [0.15, 0.2) is 18.2 Å². The predicted octanol–water partition coefficient (Wildman–Crippen LogP) is 1.43. The average Bonchev–Trinajstić information content (AvgIpc) is 2.47. The summed E-state index contributed by atoms with van der Waals surface area (Å²) in [5.74, 6) is -0.412. The molecule has 0 saturated carbocycles. The van der Waals surface area contributed by atoms with E-state index in [0.29, 0.717) is 17.9 Å². The summed E-state index contributed by atoms with van der Waals surface area (Å²) < 4.78 is 9.47. The Labute approximate surface area is 117 Å². The van der Waals surface area contributed by atoms with E-state index in [2.05, 4.69) is 4.74 Å². The zero-order chi connectivity index (χ0) is 15.1. The Kier molecular flexibility index (Phi) is 5.83. The van der Waals surface area contributed by atoms with E-state index in [9.17, 15) is 14.7 Å². The lowest BCUT2D eigenvalue weighted by Crippen LogP contribution is -2.33. The highest BCUT2D eigenvalue weighted by Gasteiger charge is 2.17. The van der Waals surface area contributed by atoms with Crippen LogP contribution in [0, 0.1) is 0 Å². The number of amides is 1. The molecule has 1 rings (SSSR count). The van der Waals surface area contributed by atoms with Crippen LogP contribution in [0.4, 0.5) is 0 Å². The van der Waals surface area contributed by atoms with Gasteiger partial charge in [-0.05, 0) is 25.1 Å². The Hall–Kier alpha value is -2.24. The smallest absolute Gasteiger partial charge is 0.307 e. The largest absolute Gasteiger partial charge is 0.504 e. The summed E-state index contributed by atoms with van der Waals surface area (Å²) in [6.45, 7) is 2.55. The van der Waals surface area contributed by atoms with E-state index >= 15 is 0 Å². The first-order valence-corrected chi connectivity index (χ1v) is 6.26. The Balaban J connectivity index is 2.80. The molecular weight excluding hydrogens is 262 g/mol. The molecule has 1 aromatic carbocycles. The summed E-state index contributed by atoms with van der Waals surface area (Å²) in [6, 6.07) is 4.44. The minimum Gasteiger partial charge on any atom is -0.504 e. The van der Waals surface area contributed by atoms with Gasteiger partial charge in [-0.1, -0.05) is 0 Å². The minimum absolute atomic E-state index is 0.0950. The third-order valence-corrected chi connectivity index (χ3v) is 2.91. The van der Waals surface area contributed by atoms with Gasteiger partial charge in [0.1, 0.15) is 0 Å². The number of benzene rings is 1. The molecule has 0 aliphatic heterocycles. The first kappa shape index (κ1) is 15.8. The maximum Gasteiger partial charge on any atom is 0.307 e. The van der Waals surface area contributed by atoms with Gasteiger partial charge in [0.2, 0.25) is 0 Å². The summed E-state index contributed by atoms with van der Waals surface area (Å²) >= 11 is 0. The van der Waals surface area contributed by atoms with Crippen molar-refractivity contribution in [3.63, 3.8) is 0 Å². The molecule has 0 bridgehead atoms. The number of hydrogen-bond acceptors (Lipinski definition) is 5. The summed E-state index contributed by atoms with van der Waals surface area (Å²) in [4.78, 5) is 24.9. The van der Waals surface area contributed by atoms with Crippen LogP contribution >= 0.6 is 0 Å². The second-order valence-corrected chi connectivity index (χ2v) is 4.10. The number of rotatable bonds is 6.